The minimum atomic E-state index is -2.76. The molecule has 0 spiro atoms. The highest BCUT2D eigenvalue weighted by Gasteiger charge is 2.41. The minimum absolute atomic E-state index is 0.00220. The number of hydrogen-bond donors (Lipinski definition) is 0. The number of aryl methyl sites for hydroxylation is 1. The third-order valence-electron chi connectivity index (χ3n) is 4.23. The number of carbonyl (C=O) groups excluding carboxylic acids is 2. The van der Waals surface area contributed by atoms with E-state index >= 15 is 0 Å². The summed E-state index contributed by atoms with van der Waals surface area (Å²) in [5, 5.41) is -0.252. The lowest BCUT2D eigenvalue weighted by atomic mass is 10.0. The molecule has 1 atom stereocenters. The van der Waals surface area contributed by atoms with Gasteiger partial charge in [-0.3, -0.25) is 4.79 Å². The number of ketones is 1. The number of rotatable bonds is 5. The second-order valence-electron chi connectivity index (χ2n) is 6.10. The summed E-state index contributed by atoms with van der Waals surface area (Å²) in [5.41, 5.74) is 0.229. The van der Waals surface area contributed by atoms with Crippen molar-refractivity contribution in [2.45, 2.75) is 6.92 Å². The van der Waals surface area contributed by atoms with Gasteiger partial charge in [0.25, 0.3) is 0 Å². The van der Waals surface area contributed by atoms with Gasteiger partial charge in [-0.25, -0.2) is 4.79 Å². The van der Waals surface area contributed by atoms with Crippen molar-refractivity contribution in [2.75, 3.05) is 0 Å². The Hall–Kier alpha value is -1.74. The molecule has 0 bridgehead atoms. The van der Waals surface area contributed by atoms with Crippen LogP contribution in [-0.2, 0) is 4.57 Å². The van der Waals surface area contributed by atoms with Gasteiger partial charge in [0.2, 0.25) is 5.30 Å². The molecule has 0 aliphatic carbocycles. The molecule has 0 radical (unpaired) electrons. The average Bonchev–Trinajstić information content (AvgIpc) is 2.67. The van der Waals surface area contributed by atoms with Crippen molar-refractivity contribution >= 4 is 70.8 Å². The second kappa shape index (κ2) is 8.95. The molecule has 1 unspecified atom stereocenters. The van der Waals surface area contributed by atoms with Crippen LogP contribution in [0.15, 0.2) is 54.6 Å². The van der Waals surface area contributed by atoms with E-state index in [0.717, 1.165) is 0 Å². The molecule has 3 aromatic carbocycles. The first-order chi connectivity index (χ1) is 13.7. The van der Waals surface area contributed by atoms with Crippen molar-refractivity contribution in [3.63, 3.8) is 0 Å². The molecule has 3 aromatic rings. The van der Waals surface area contributed by atoms with E-state index in [9.17, 15) is 14.2 Å². The molecule has 3 rings (SSSR count). The molecule has 0 aromatic heterocycles. The molecule has 0 amide bonds. The van der Waals surface area contributed by atoms with Crippen molar-refractivity contribution in [2.24, 2.45) is 0 Å². The standard InChI is InChI=1S/C21H12Cl4O3P/c1-11-6-5-9-13(22)16(11)21(27)29(28)20-15(24)10-14(23)17(18(20)25)19(26)12-7-3-2-4-8-12/h2-10H,1H3/q+1. The molecule has 146 valence electrons. The predicted octanol–water partition coefficient (Wildman–Crippen LogP) is 7.13. The van der Waals surface area contributed by atoms with Gasteiger partial charge in [-0.15, -0.1) is 0 Å². The van der Waals surface area contributed by atoms with Crippen LogP contribution < -0.4 is 5.30 Å². The van der Waals surface area contributed by atoms with E-state index in [4.69, 9.17) is 46.4 Å². The van der Waals surface area contributed by atoms with Gasteiger partial charge in [-0.2, -0.15) is 0 Å². The molecule has 0 saturated heterocycles. The lowest BCUT2D eigenvalue weighted by Crippen LogP contribution is -2.14. The summed E-state index contributed by atoms with van der Waals surface area (Å²) in [4.78, 5) is 25.8. The van der Waals surface area contributed by atoms with Crippen LogP contribution in [0.5, 0.6) is 0 Å². The Morgan fingerprint density at radius 1 is 0.793 bits per heavy atom. The molecule has 0 heterocycles. The Bertz CT molecular complexity index is 1140. The van der Waals surface area contributed by atoms with Gasteiger partial charge in [-0.1, -0.05) is 93.4 Å². The van der Waals surface area contributed by atoms with Gasteiger partial charge in [0.05, 0.1) is 26.2 Å². The molecular formula is C21H12Cl4O3P+. The topological polar surface area (TPSA) is 51.2 Å². The van der Waals surface area contributed by atoms with E-state index < -0.39 is 19.1 Å². The van der Waals surface area contributed by atoms with Crippen LogP contribution >= 0.6 is 54.2 Å². The van der Waals surface area contributed by atoms with E-state index in [0.29, 0.717) is 11.1 Å². The largest absolute Gasteiger partial charge is 0.461 e. The molecule has 0 fully saturated rings. The van der Waals surface area contributed by atoms with E-state index in [1.807, 2.05) is 0 Å². The van der Waals surface area contributed by atoms with Crippen molar-refractivity contribution in [3.05, 3.63) is 96.9 Å². The molecular weight excluding hydrogens is 473 g/mol. The van der Waals surface area contributed by atoms with Crippen LogP contribution in [0.3, 0.4) is 0 Å². The number of hydrogen-bond acceptors (Lipinski definition) is 3. The van der Waals surface area contributed by atoms with Crippen LogP contribution in [-0.4, -0.2) is 11.3 Å². The van der Waals surface area contributed by atoms with Crippen LogP contribution in [0.1, 0.15) is 31.8 Å². The van der Waals surface area contributed by atoms with E-state index in [-0.39, 0.29) is 36.5 Å². The summed E-state index contributed by atoms with van der Waals surface area (Å²) < 4.78 is 13.1. The maximum Gasteiger partial charge on any atom is 0.461 e. The summed E-state index contributed by atoms with van der Waals surface area (Å²) in [6.07, 6.45) is 0. The quantitative estimate of drug-likeness (QED) is 0.286. The number of halogens is 4. The predicted molar refractivity (Wildman–Crippen MR) is 119 cm³/mol. The third-order valence-corrected chi connectivity index (χ3v) is 7.25. The maximum absolute atomic E-state index is 13.1. The Morgan fingerprint density at radius 2 is 1.45 bits per heavy atom. The Kier molecular flexibility index (Phi) is 6.78. The molecule has 29 heavy (non-hydrogen) atoms. The molecule has 0 saturated carbocycles. The van der Waals surface area contributed by atoms with Gasteiger partial charge >= 0.3 is 13.3 Å². The van der Waals surface area contributed by atoms with Gasteiger partial charge in [0, 0.05) is 5.56 Å². The Labute approximate surface area is 188 Å². The van der Waals surface area contributed by atoms with Crippen molar-refractivity contribution in [1.29, 1.82) is 0 Å². The van der Waals surface area contributed by atoms with E-state index in [1.165, 1.54) is 12.1 Å². The zero-order valence-corrected chi connectivity index (χ0v) is 18.8. The molecule has 8 heteroatoms. The second-order valence-corrected chi connectivity index (χ2v) is 9.15. The molecule has 0 N–H and O–H groups in total. The highest BCUT2D eigenvalue weighted by Crippen LogP contribution is 2.40. The summed E-state index contributed by atoms with van der Waals surface area (Å²) >= 11 is 25.0. The molecule has 0 aliphatic heterocycles. The molecule has 3 nitrogen and oxygen atoms in total. The van der Waals surface area contributed by atoms with Crippen LogP contribution in [0, 0.1) is 6.92 Å². The maximum atomic E-state index is 13.1. The summed E-state index contributed by atoms with van der Waals surface area (Å²) in [6, 6.07) is 14.5. The Balaban J connectivity index is 2.14. The first-order valence-corrected chi connectivity index (χ1v) is 11.0. The monoisotopic (exact) mass is 483 g/mol. The fourth-order valence-corrected chi connectivity index (χ4v) is 5.83. The number of carbonyl (C=O) groups is 2. The summed E-state index contributed by atoms with van der Waals surface area (Å²) in [5.74, 6) is -0.469. The minimum Gasteiger partial charge on any atom is -0.288 e. The van der Waals surface area contributed by atoms with Crippen molar-refractivity contribution in [3.8, 4) is 0 Å². The van der Waals surface area contributed by atoms with Crippen LogP contribution in [0.2, 0.25) is 20.1 Å². The zero-order valence-electron chi connectivity index (χ0n) is 14.9. The van der Waals surface area contributed by atoms with Crippen LogP contribution in [0.25, 0.3) is 0 Å². The normalized spacial score (nSPS) is 11.3. The van der Waals surface area contributed by atoms with Crippen molar-refractivity contribution < 1.29 is 14.2 Å². The van der Waals surface area contributed by atoms with E-state index in [1.54, 1.807) is 49.4 Å². The van der Waals surface area contributed by atoms with Gasteiger partial charge in [0.15, 0.2) is 5.78 Å². The first kappa shape index (κ1) is 22.0. The third kappa shape index (κ3) is 4.26. The lowest BCUT2D eigenvalue weighted by Gasteiger charge is -2.08. The van der Waals surface area contributed by atoms with E-state index in [2.05, 4.69) is 0 Å². The zero-order chi connectivity index (χ0) is 21.3. The highest BCUT2D eigenvalue weighted by molar-refractivity contribution is 7.72. The Morgan fingerprint density at radius 3 is 2.07 bits per heavy atom. The number of benzene rings is 3. The molecule has 0 aliphatic rings. The SMILES string of the molecule is Cc1cccc(Cl)c1C(=O)[P+](=O)c1c(Cl)cc(Cl)c(C(=O)c2ccccc2)c1Cl. The van der Waals surface area contributed by atoms with Gasteiger partial charge < -0.3 is 0 Å². The average molecular weight is 485 g/mol. The van der Waals surface area contributed by atoms with Gasteiger partial charge in [-0.05, 0) is 24.6 Å². The summed E-state index contributed by atoms with van der Waals surface area (Å²) in [7, 11) is -2.76. The highest BCUT2D eigenvalue weighted by atomic mass is 35.5. The fraction of sp³-hybridized carbons (Fsp3) is 0.0476. The first-order valence-electron chi connectivity index (χ1n) is 8.28. The van der Waals surface area contributed by atoms with Crippen LogP contribution in [0.4, 0.5) is 0 Å². The summed E-state index contributed by atoms with van der Waals surface area (Å²) in [6.45, 7) is 1.68. The fourth-order valence-electron chi connectivity index (χ4n) is 2.81. The van der Waals surface area contributed by atoms with Crippen molar-refractivity contribution in [1.82, 2.24) is 0 Å². The smallest absolute Gasteiger partial charge is 0.288 e. The van der Waals surface area contributed by atoms with Gasteiger partial charge in [0.1, 0.15) is 5.02 Å². The lowest BCUT2D eigenvalue weighted by molar-refractivity contribution is 0.103.